The zero-order valence-electron chi connectivity index (χ0n) is 36.9. The number of carbonyl (C=O) groups is 2. The van der Waals surface area contributed by atoms with E-state index < -0.39 is 44.7 Å². The SMILES string of the molecule is CCCCC/C=C\C/C=C\C/C=C\CC(O)C(O)CCCC(=O)O[C@H](COC(=O)CCCCCCCCCCC/C=C\C/C=C\CCCCC)COP(=O)(O)OCCN. The summed E-state index contributed by atoms with van der Waals surface area (Å²) in [6.45, 7) is 3.33. The van der Waals surface area contributed by atoms with Crippen LogP contribution in [-0.4, -0.2) is 71.7 Å². The predicted molar refractivity (Wildman–Crippen MR) is 241 cm³/mol. The molecule has 0 radical (unpaired) electrons. The number of allylic oxidation sites excluding steroid dienone is 9. The van der Waals surface area contributed by atoms with Gasteiger partial charge in [0.2, 0.25) is 0 Å². The lowest BCUT2D eigenvalue weighted by atomic mass is 10.0. The summed E-state index contributed by atoms with van der Waals surface area (Å²) < 4.78 is 32.6. The van der Waals surface area contributed by atoms with Gasteiger partial charge in [0.15, 0.2) is 6.10 Å². The van der Waals surface area contributed by atoms with Gasteiger partial charge in [-0.2, -0.15) is 0 Å². The molecule has 4 atom stereocenters. The first-order valence-corrected chi connectivity index (χ1v) is 24.4. The van der Waals surface area contributed by atoms with Crippen LogP contribution in [0.1, 0.15) is 181 Å². The molecule has 3 unspecified atom stereocenters. The van der Waals surface area contributed by atoms with Crippen molar-refractivity contribution < 1.29 is 47.8 Å². The summed E-state index contributed by atoms with van der Waals surface area (Å²) in [6, 6.07) is 0. The van der Waals surface area contributed by atoms with E-state index in [1.54, 1.807) is 0 Å². The van der Waals surface area contributed by atoms with Crippen molar-refractivity contribution in [2.75, 3.05) is 26.4 Å². The van der Waals surface area contributed by atoms with Crippen molar-refractivity contribution in [1.82, 2.24) is 0 Å². The quantitative estimate of drug-likeness (QED) is 0.0199. The van der Waals surface area contributed by atoms with E-state index in [1.165, 1.54) is 77.0 Å². The summed E-state index contributed by atoms with van der Waals surface area (Å²) in [6.07, 6.45) is 42.7. The Kier molecular flexibility index (Phi) is 40.6. The highest BCUT2D eigenvalue weighted by Crippen LogP contribution is 2.43. The van der Waals surface area contributed by atoms with Crippen LogP contribution in [0, 0.1) is 0 Å². The van der Waals surface area contributed by atoms with Gasteiger partial charge in [-0.3, -0.25) is 18.6 Å². The minimum atomic E-state index is -4.46. The fourth-order valence-electron chi connectivity index (χ4n) is 6.00. The maximum atomic E-state index is 12.6. The molecule has 0 aromatic rings. The Hall–Kier alpha value is -2.37. The number of hydrogen-bond acceptors (Lipinski definition) is 10. The zero-order chi connectivity index (χ0) is 43.5. The molecule has 0 aromatic heterocycles. The fourth-order valence-corrected chi connectivity index (χ4v) is 6.77. The maximum absolute atomic E-state index is 12.6. The number of phosphoric acid groups is 1. The van der Waals surface area contributed by atoms with Gasteiger partial charge in [-0.15, -0.1) is 0 Å². The highest BCUT2D eigenvalue weighted by atomic mass is 31.2. The lowest BCUT2D eigenvalue weighted by Gasteiger charge is -2.20. The number of hydrogen-bond donors (Lipinski definition) is 4. The molecule has 0 amide bonds. The number of aliphatic hydroxyl groups is 2. The van der Waals surface area contributed by atoms with E-state index in [1.807, 2.05) is 12.2 Å². The van der Waals surface area contributed by atoms with Crippen LogP contribution < -0.4 is 5.73 Å². The summed E-state index contributed by atoms with van der Waals surface area (Å²) in [4.78, 5) is 35.0. The Morgan fingerprint density at radius 3 is 1.59 bits per heavy atom. The van der Waals surface area contributed by atoms with Gasteiger partial charge >= 0.3 is 19.8 Å². The van der Waals surface area contributed by atoms with Crippen molar-refractivity contribution in [3.05, 3.63) is 60.8 Å². The molecule has 0 aliphatic heterocycles. The highest BCUT2D eigenvalue weighted by molar-refractivity contribution is 7.47. The molecule has 5 N–H and O–H groups in total. The first-order chi connectivity index (χ1) is 28.6. The molecule has 0 aliphatic rings. The second-order valence-corrected chi connectivity index (χ2v) is 16.7. The summed E-state index contributed by atoms with van der Waals surface area (Å²) in [7, 11) is -4.46. The molecule has 0 saturated carbocycles. The van der Waals surface area contributed by atoms with E-state index >= 15 is 0 Å². The third-order valence-corrected chi connectivity index (χ3v) is 10.6. The third kappa shape index (κ3) is 40.8. The van der Waals surface area contributed by atoms with Crippen molar-refractivity contribution in [2.24, 2.45) is 5.73 Å². The Morgan fingerprint density at radius 1 is 0.576 bits per heavy atom. The lowest BCUT2D eigenvalue weighted by molar-refractivity contribution is -0.161. The second kappa shape index (κ2) is 42.3. The topological polar surface area (TPSA) is 175 Å². The summed E-state index contributed by atoms with van der Waals surface area (Å²) in [5.41, 5.74) is 5.34. The molecular weight excluding hydrogens is 769 g/mol. The van der Waals surface area contributed by atoms with E-state index in [-0.39, 0.29) is 51.9 Å². The van der Waals surface area contributed by atoms with Crippen LogP contribution in [0.5, 0.6) is 0 Å². The van der Waals surface area contributed by atoms with Crippen LogP contribution in [0.3, 0.4) is 0 Å². The molecule has 0 saturated heterocycles. The number of phosphoric ester groups is 1. The normalized spacial score (nSPS) is 14.9. The van der Waals surface area contributed by atoms with Crippen molar-refractivity contribution in [2.45, 2.75) is 199 Å². The molecule has 0 aliphatic carbocycles. The van der Waals surface area contributed by atoms with Gasteiger partial charge in [0.25, 0.3) is 0 Å². The third-order valence-electron chi connectivity index (χ3n) is 9.58. The van der Waals surface area contributed by atoms with Crippen LogP contribution >= 0.6 is 7.82 Å². The zero-order valence-corrected chi connectivity index (χ0v) is 37.8. The van der Waals surface area contributed by atoms with Crippen LogP contribution in [0.4, 0.5) is 0 Å². The van der Waals surface area contributed by atoms with Crippen LogP contribution in [0.15, 0.2) is 60.8 Å². The van der Waals surface area contributed by atoms with Gasteiger partial charge in [0.05, 0.1) is 25.4 Å². The molecule has 0 bridgehead atoms. The number of nitrogens with two attached hydrogens (primary N) is 1. The number of ether oxygens (including phenoxy) is 2. The van der Waals surface area contributed by atoms with Crippen molar-refractivity contribution in [1.29, 1.82) is 0 Å². The van der Waals surface area contributed by atoms with Crippen LogP contribution in [-0.2, 0) is 32.7 Å². The fraction of sp³-hybridized carbons (Fsp3) is 0.745. The minimum absolute atomic E-state index is 0.00537. The lowest BCUT2D eigenvalue weighted by Crippen LogP contribution is -2.30. The monoisotopic (exact) mass is 854 g/mol. The van der Waals surface area contributed by atoms with E-state index in [4.69, 9.17) is 24.3 Å². The van der Waals surface area contributed by atoms with Gasteiger partial charge in [-0.05, 0) is 83.5 Å². The summed E-state index contributed by atoms with van der Waals surface area (Å²) in [5.74, 6) is -1.12. The Morgan fingerprint density at radius 2 is 1.05 bits per heavy atom. The van der Waals surface area contributed by atoms with Crippen molar-refractivity contribution >= 4 is 19.8 Å². The van der Waals surface area contributed by atoms with Gasteiger partial charge in [-0.25, -0.2) is 4.57 Å². The van der Waals surface area contributed by atoms with E-state index in [9.17, 15) is 29.3 Å². The number of unbranched alkanes of at least 4 members (excludes halogenated alkanes) is 15. The molecule has 342 valence electrons. The average Bonchev–Trinajstić information content (AvgIpc) is 3.22. The first-order valence-electron chi connectivity index (χ1n) is 22.9. The van der Waals surface area contributed by atoms with E-state index in [0.717, 1.165) is 51.4 Å². The van der Waals surface area contributed by atoms with Gasteiger partial charge in [-0.1, -0.05) is 145 Å². The van der Waals surface area contributed by atoms with E-state index in [2.05, 4.69) is 62.5 Å². The number of rotatable bonds is 42. The minimum Gasteiger partial charge on any atom is -0.462 e. The maximum Gasteiger partial charge on any atom is 0.472 e. The smallest absolute Gasteiger partial charge is 0.462 e. The highest BCUT2D eigenvalue weighted by Gasteiger charge is 2.26. The van der Waals surface area contributed by atoms with Crippen LogP contribution in [0.25, 0.3) is 0 Å². The second-order valence-electron chi connectivity index (χ2n) is 15.2. The van der Waals surface area contributed by atoms with Gasteiger partial charge in [0, 0.05) is 19.4 Å². The predicted octanol–water partition coefficient (Wildman–Crippen LogP) is 11.2. The molecule has 0 spiro atoms. The largest absolute Gasteiger partial charge is 0.472 e. The molecule has 0 aromatic carbocycles. The van der Waals surface area contributed by atoms with Gasteiger partial charge in [0.1, 0.15) is 6.61 Å². The number of carbonyl (C=O) groups excluding carboxylic acids is 2. The molecule has 0 rings (SSSR count). The molecular formula is C47H84NO10P. The van der Waals surface area contributed by atoms with E-state index in [0.29, 0.717) is 6.42 Å². The average molecular weight is 854 g/mol. The number of aliphatic hydroxyl groups excluding tert-OH is 2. The molecule has 0 heterocycles. The van der Waals surface area contributed by atoms with Gasteiger partial charge < -0.3 is 30.3 Å². The molecule has 11 nitrogen and oxygen atoms in total. The molecule has 0 fully saturated rings. The molecule has 12 heteroatoms. The Bertz CT molecular complexity index is 1190. The Labute approximate surface area is 358 Å². The van der Waals surface area contributed by atoms with Crippen molar-refractivity contribution in [3.8, 4) is 0 Å². The summed E-state index contributed by atoms with van der Waals surface area (Å²) >= 11 is 0. The van der Waals surface area contributed by atoms with Crippen LogP contribution in [0.2, 0.25) is 0 Å². The molecule has 59 heavy (non-hydrogen) atoms. The summed E-state index contributed by atoms with van der Waals surface area (Å²) in [5, 5.41) is 20.7. The number of esters is 2. The first kappa shape index (κ1) is 56.6. The standard InChI is InChI=1S/C47H84NO10P/c1-3-5-7-9-11-13-15-17-18-19-20-21-22-23-25-27-29-31-33-37-46(51)55-41-43(42-57-59(53,54)56-40-39-48)58-47(52)38-34-36-45(50)44(49)35-32-30-28-26-24-16-14-12-10-8-6-4-2/h11-14,17-18,24,26,30,32,43-45,49-50H,3-10,15-16,19-23,25,27-29,31,33-42,48H2,1-2H3,(H,53,54)/b13-11-,14-12-,18-17-,26-24-,32-30-/t43-,44?,45?/m1/s1. The van der Waals surface area contributed by atoms with Crippen molar-refractivity contribution in [3.63, 3.8) is 0 Å². The Balaban J connectivity index is 4.36.